The van der Waals surface area contributed by atoms with Crippen molar-refractivity contribution in [3.63, 3.8) is 0 Å². The zero-order valence-electron chi connectivity index (χ0n) is 10.7. The van der Waals surface area contributed by atoms with Crippen LogP contribution in [0.1, 0.15) is 44.1 Å². The van der Waals surface area contributed by atoms with Crippen LogP contribution in [0, 0.1) is 0 Å². The van der Waals surface area contributed by atoms with E-state index in [1.165, 1.54) is 0 Å². The second kappa shape index (κ2) is 4.05. The number of carbonyl (C=O) groups is 1. The number of nitrogens with zero attached hydrogens (tertiary/aromatic N) is 3. The van der Waals surface area contributed by atoms with E-state index in [9.17, 15) is 4.79 Å². The second-order valence-corrected chi connectivity index (χ2v) is 5.16. The lowest BCUT2D eigenvalue weighted by atomic mass is 10.0. The van der Waals surface area contributed by atoms with Crippen LogP contribution in [-0.4, -0.2) is 32.7 Å². The summed E-state index contributed by atoms with van der Waals surface area (Å²) in [7, 11) is 0. The Balaban J connectivity index is 2.28. The van der Waals surface area contributed by atoms with Crippen molar-refractivity contribution in [1.82, 2.24) is 14.7 Å². The molecule has 1 aromatic heterocycles. The molecule has 2 heterocycles. The molecule has 5 heteroatoms. The molecule has 5 nitrogen and oxygen atoms in total. The van der Waals surface area contributed by atoms with Crippen LogP contribution in [0.3, 0.4) is 0 Å². The number of amides is 1. The predicted octanol–water partition coefficient (Wildman–Crippen LogP) is 1.50. The molecular formula is C12H20N4O. The maximum atomic E-state index is 12.4. The zero-order valence-corrected chi connectivity index (χ0v) is 10.7. The van der Waals surface area contributed by atoms with Crippen LogP contribution in [0.5, 0.6) is 0 Å². The normalized spacial score (nSPS) is 18.6. The minimum absolute atomic E-state index is 0.0443. The van der Waals surface area contributed by atoms with Gasteiger partial charge in [0.25, 0.3) is 5.91 Å². The van der Waals surface area contributed by atoms with Crippen LogP contribution >= 0.6 is 0 Å². The molecule has 0 unspecified atom stereocenters. The highest BCUT2D eigenvalue weighted by atomic mass is 16.2. The molecule has 1 aliphatic heterocycles. The minimum atomic E-state index is -0.0838. The maximum absolute atomic E-state index is 12.4. The van der Waals surface area contributed by atoms with Crippen LogP contribution in [0.15, 0.2) is 6.20 Å². The third kappa shape index (κ3) is 2.01. The molecule has 0 aliphatic carbocycles. The summed E-state index contributed by atoms with van der Waals surface area (Å²) < 4.78 is 1.70. The van der Waals surface area contributed by atoms with Crippen molar-refractivity contribution < 1.29 is 4.79 Å². The summed E-state index contributed by atoms with van der Waals surface area (Å²) in [6.07, 6.45) is 3.80. The average Bonchev–Trinajstić information content (AvgIpc) is 2.80. The third-order valence-electron chi connectivity index (χ3n) is 3.46. The number of hydrogen-bond donors (Lipinski definition) is 1. The van der Waals surface area contributed by atoms with E-state index in [2.05, 4.69) is 18.9 Å². The fourth-order valence-electron chi connectivity index (χ4n) is 2.38. The Morgan fingerprint density at radius 2 is 2.29 bits per heavy atom. The molecule has 1 amide bonds. The molecule has 1 fully saturated rings. The minimum Gasteiger partial charge on any atom is -0.396 e. The van der Waals surface area contributed by atoms with Crippen molar-refractivity contribution >= 4 is 11.6 Å². The number of aromatic nitrogens is 2. The summed E-state index contributed by atoms with van der Waals surface area (Å²) in [6, 6.07) is 0. The largest absolute Gasteiger partial charge is 0.396 e. The molecule has 2 N–H and O–H groups in total. The van der Waals surface area contributed by atoms with Gasteiger partial charge in [-0.05, 0) is 33.6 Å². The van der Waals surface area contributed by atoms with Gasteiger partial charge in [0.15, 0.2) is 5.69 Å². The average molecular weight is 236 g/mol. The number of aryl methyl sites for hydroxylation is 1. The van der Waals surface area contributed by atoms with Crippen molar-refractivity contribution in [2.75, 3.05) is 12.3 Å². The first-order chi connectivity index (χ1) is 7.95. The predicted molar refractivity (Wildman–Crippen MR) is 66.7 cm³/mol. The number of anilines is 1. The Hall–Kier alpha value is -1.52. The number of likely N-dealkylation sites (tertiary alicyclic amines) is 1. The molecule has 0 saturated carbocycles. The molecule has 0 aromatic carbocycles. The third-order valence-corrected chi connectivity index (χ3v) is 3.46. The van der Waals surface area contributed by atoms with E-state index in [1.807, 2.05) is 11.8 Å². The van der Waals surface area contributed by atoms with Gasteiger partial charge < -0.3 is 10.6 Å². The Labute approximate surface area is 102 Å². The summed E-state index contributed by atoms with van der Waals surface area (Å²) in [5.74, 6) is -0.0443. The lowest BCUT2D eigenvalue weighted by Crippen LogP contribution is -2.43. The number of nitrogens with two attached hydrogens (primary N) is 1. The quantitative estimate of drug-likeness (QED) is 0.846. The van der Waals surface area contributed by atoms with E-state index in [-0.39, 0.29) is 11.4 Å². The number of hydrogen-bond acceptors (Lipinski definition) is 3. The maximum Gasteiger partial charge on any atom is 0.276 e. The van der Waals surface area contributed by atoms with E-state index in [0.29, 0.717) is 11.4 Å². The first-order valence-electron chi connectivity index (χ1n) is 6.10. The van der Waals surface area contributed by atoms with Crippen LogP contribution in [-0.2, 0) is 6.54 Å². The number of nitrogen functional groups attached to an aromatic ring is 1. The summed E-state index contributed by atoms with van der Waals surface area (Å²) in [4.78, 5) is 14.3. The van der Waals surface area contributed by atoms with E-state index < -0.39 is 0 Å². The Morgan fingerprint density at radius 1 is 1.59 bits per heavy atom. The van der Waals surface area contributed by atoms with Gasteiger partial charge in [0.1, 0.15) is 0 Å². The van der Waals surface area contributed by atoms with Crippen LogP contribution in [0.2, 0.25) is 0 Å². The van der Waals surface area contributed by atoms with Crippen molar-refractivity contribution in [3.05, 3.63) is 11.9 Å². The van der Waals surface area contributed by atoms with Crippen LogP contribution in [0.25, 0.3) is 0 Å². The lowest BCUT2D eigenvalue weighted by molar-refractivity contribution is 0.0646. The molecule has 94 valence electrons. The fourth-order valence-corrected chi connectivity index (χ4v) is 2.38. The van der Waals surface area contributed by atoms with Gasteiger partial charge in [-0.25, -0.2) is 0 Å². The van der Waals surface area contributed by atoms with E-state index in [4.69, 9.17) is 5.73 Å². The van der Waals surface area contributed by atoms with Crippen LogP contribution in [0.4, 0.5) is 5.69 Å². The standard InChI is InChI=1S/C12H20N4O/c1-4-15-8-9(13)10(14-15)11(17)16-7-5-6-12(16,2)3/h8H,4-7,13H2,1-3H3. The smallest absolute Gasteiger partial charge is 0.276 e. The molecule has 17 heavy (non-hydrogen) atoms. The molecule has 1 saturated heterocycles. The molecular weight excluding hydrogens is 216 g/mol. The van der Waals surface area contributed by atoms with Crippen molar-refractivity contribution in [2.45, 2.75) is 45.7 Å². The zero-order chi connectivity index (χ0) is 12.6. The summed E-state index contributed by atoms with van der Waals surface area (Å²) in [5, 5.41) is 4.24. The summed E-state index contributed by atoms with van der Waals surface area (Å²) in [5.41, 5.74) is 6.62. The highest BCUT2D eigenvalue weighted by molar-refractivity contribution is 5.97. The van der Waals surface area contributed by atoms with Crippen molar-refractivity contribution in [2.24, 2.45) is 0 Å². The van der Waals surface area contributed by atoms with Crippen molar-refractivity contribution in [3.8, 4) is 0 Å². The molecule has 1 aromatic rings. The van der Waals surface area contributed by atoms with Gasteiger partial charge in [0.05, 0.1) is 5.69 Å². The fraction of sp³-hybridized carbons (Fsp3) is 0.667. The molecule has 1 aliphatic rings. The molecule has 0 atom stereocenters. The van der Waals surface area contributed by atoms with E-state index in [1.54, 1.807) is 10.9 Å². The highest BCUT2D eigenvalue weighted by Gasteiger charge is 2.37. The molecule has 0 radical (unpaired) electrons. The van der Waals surface area contributed by atoms with E-state index >= 15 is 0 Å². The second-order valence-electron chi connectivity index (χ2n) is 5.16. The summed E-state index contributed by atoms with van der Waals surface area (Å²) >= 11 is 0. The van der Waals surface area contributed by atoms with Crippen molar-refractivity contribution in [1.29, 1.82) is 0 Å². The van der Waals surface area contributed by atoms with E-state index in [0.717, 1.165) is 25.9 Å². The SMILES string of the molecule is CCn1cc(N)c(C(=O)N2CCCC2(C)C)n1. The van der Waals surface area contributed by atoms with Gasteiger partial charge in [0.2, 0.25) is 0 Å². The lowest BCUT2D eigenvalue weighted by Gasteiger charge is -2.31. The van der Waals surface area contributed by atoms with Gasteiger partial charge in [-0.3, -0.25) is 9.48 Å². The van der Waals surface area contributed by atoms with Gasteiger partial charge >= 0.3 is 0 Å². The van der Waals surface area contributed by atoms with Crippen LogP contribution < -0.4 is 5.73 Å². The number of rotatable bonds is 2. The van der Waals surface area contributed by atoms with Gasteiger partial charge in [0, 0.05) is 24.8 Å². The first-order valence-corrected chi connectivity index (χ1v) is 6.10. The molecule has 0 bridgehead atoms. The highest BCUT2D eigenvalue weighted by Crippen LogP contribution is 2.30. The first kappa shape index (κ1) is 12.0. The number of carbonyl (C=O) groups excluding carboxylic acids is 1. The Morgan fingerprint density at radius 3 is 2.76 bits per heavy atom. The Bertz CT molecular complexity index is 436. The topological polar surface area (TPSA) is 64.2 Å². The van der Waals surface area contributed by atoms with Gasteiger partial charge in [-0.2, -0.15) is 5.10 Å². The molecule has 0 spiro atoms. The molecule has 2 rings (SSSR count). The van der Waals surface area contributed by atoms with Gasteiger partial charge in [-0.1, -0.05) is 0 Å². The monoisotopic (exact) mass is 236 g/mol. The summed E-state index contributed by atoms with van der Waals surface area (Å²) in [6.45, 7) is 7.67. The Kier molecular flexibility index (Phi) is 2.85. The van der Waals surface area contributed by atoms with Gasteiger partial charge in [-0.15, -0.1) is 0 Å².